The first kappa shape index (κ1) is 36.0. The molecule has 0 fully saturated rings. The lowest BCUT2D eigenvalue weighted by molar-refractivity contribution is 0.661. The molecule has 0 aliphatic heterocycles. The van der Waals surface area contributed by atoms with Gasteiger partial charge in [-0.15, -0.1) is 0 Å². The molecule has 0 spiro atoms. The van der Waals surface area contributed by atoms with E-state index in [1.807, 2.05) is 12.1 Å². The van der Waals surface area contributed by atoms with Crippen LogP contribution in [0.5, 0.6) is 0 Å². The maximum Gasteiger partial charge on any atom is 0.159 e. The summed E-state index contributed by atoms with van der Waals surface area (Å²) in [4.78, 5) is 4.70. The summed E-state index contributed by atoms with van der Waals surface area (Å²) in [5, 5.41) is 7.22. The fourth-order valence-electron chi connectivity index (χ4n) is 9.99. The number of hydrogen-bond donors (Lipinski definition) is 0. The average Bonchev–Trinajstić information content (AvgIpc) is 3.82. The van der Waals surface area contributed by atoms with Crippen LogP contribution in [-0.2, 0) is 5.41 Å². The summed E-state index contributed by atoms with van der Waals surface area (Å²) in [7, 11) is 0. The molecule has 1 aromatic heterocycles. The summed E-state index contributed by atoms with van der Waals surface area (Å²) >= 11 is 0. The molecule has 12 rings (SSSR count). The summed E-state index contributed by atoms with van der Waals surface area (Å²) in [6.07, 6.45) is 0. The molecule has 0 radical (unpaired) electrons. The van der Waals surface area contributed by atoms with Crippen molar-refractivity contribution in [3.05, 3.63) is 230 Å². The maximum atomic E-state index is 6.57. The van der Waals surface area contributed by atoms with Gasteiger partial charge in [0.1, 0.15) is 5.58 Å². The van der Waals surface area contributed by atoms with Gasteiger partial charge in [-0.25, -0.2) is 0 Å². The molecule has 0 unspecified atom stereocenters. The molecule has 3 nitrogen and oxygen atoms in total. The van der Waals surface area contributed by atoms with Crippen molar-refractivity contribution in [2.75, 3.05) is 9.80 Å². The molecule has 62 heavy (non-hydrogen) atoms. The average molecular weight is 795 g/mol. The smallest absolute Gasteiger partial charge is 0.159 e. The highest BCUT2D eigenvalue weighted by atomic mass is 16.3. The van der Waals surface area contributed by atoms with Crippen molar-refractivity contribution in [1.29, 1.82) is 0 Å². The van der Waals surface area contributed by atoms with Crippen LogP contribution >= 0.6 is 0 Å². The Hall–Kier alpha value is -7.88. The van der Waals surface area contributed by atoms with E-state index in [0.29, 0.717) is 0 Å². The highest BCUT2D eigenvalue weighted by molar-refractivity contribution is 6.11. The molecular formula is C59H42N2O. The number of nitrogens with zero attached hydrogens (tertiary/aromatic N) is 2. The molecular weight excluding hydrogens is 753 g/mol. The Balaban J connectivity index is 0.972. The number of para-hydroxylation sites is 4. The Bertz CT molecular complexity index is 3490. The van der Waals surface area contributed by atoms with Crippen molar-refractivity contribution in [2.24, 2.45) is 0 Å². The second-order valence-corrected chi connectivity index (χ2v) is 16.9. The van der Waals surface area contributed by atoms with E-state index < -0.39 is 0 Å². The van der Waals surface area contributed by atoms with Crippen LogP contribution in [0.3, 0.4) is 0 Å². The van der Waals surface area contributed by atoms with Crippen LogP contribution in [-0.4, -0.2) is 0 Å². The zero-order valence-electron chi connectivity index (χ0n) is 34.6. The van der Waals surface area contributed by atoms with Crippen LogP contribution in [0, 0.1) is 0 Å². The first-order valence-corrected chi connectivity index (χ1v) is 21.4. The summed E-state index contributed by atoms with van der Waals surface area (Å²) in [5.74, 6) is 0. The monoisotopic (exact) mass is 794 g/mol. The van der Waals surface area contributed by atoms with Crippen molar-refractivity contribution in [3.8, 4) is 22.3 Å². The molecule has 1 heterocycles. The predicted octanol–water partition coefficient (Wildman–Crippen LogP) is 16.8. The fraction of sp³-hybridized carbons (Fsp3) is 0.0508. The highest BCUT2D eigenvalue weighted by Crippen LogP contribution is 2.55. The van der Waals surface area contributed by atoms with Crippen LogP contribution in [0.1, 0.15) is 25.0 Å². The van der Waals surface area contributed by atoms with E-state index in [2.05, 4.69) is 230 Å². The number of rotatable bonds is 7. The molecule has 1 aliphatic carbocycles. The first-order valence-electron chi connectivity index (χ1n) is 21.4. The molecule has 0 atom stereocenters. The first-order chi connectivity index (χ1) is 30.5. The lowest BCUT2D eigenvalue weighted by atomic mass is 9.80. The largest absolute Gasteiger partial charge is 0.454 e. The van der Waals surface area contributed by atoms with E-state index in [9.17, 15) is 0 Å². The number of anilines is 6. The molecule has 0 N–H and O–H groups in total. The zero-order chi connectivity index (χ0) is 41.4. The quantitative estimate of drug-likeness (QED) is 0.160. The number of benzene rings is 10. The third-order valence-corrected chi connectivity index (χ3v) is 13.0. The highest BCUT2D eigenvalue weighted by Gasteiger charge is 2.38. The van der Waals surface area contributed by atoms with Gasteiger partial charge in [0.05, 0.1) is 5.69 Å². The lowest BCUT2D eigenvalue weighted by Crippen LogP contribution is -2.16. The van der Waals surface area contributed by atoms with E-state index in [1.165, 1.54) is 54.9 Å². The third-order valence-electron chi connectivity index (χ3n) is 13.0. The molecule has 10 aromatic carbocycles. The summed E-state index contributed by atoms with van der Waals surface area (Å²) in [6, 6.07) is 79.0. The Morgan fingerprint density at radius 3 is 1.73 bits per heavy atom. The minimum Gasteiger partial charge on any atom is -0.454 e. The van der Waals surface area contributed by atoms with Gasteiger partial charge < -0.3 is 14.2 Å². The Morgan fingerprint density at radius 1 is 0.371 bits per heavy atom. The van der Waals surface area contributed by atoms with E-state index in [-0.39, 0.29) is 5.41 Å². The normalized spacial score (nSPS) is 12.8. The van der Waals surface area contributed by atoms with Gasteiger partial charge in [-0.05, 0) is 134 Å². The van der Waals surface area contributed by atoms with Crippen molar-refractivity contribution in [1.82, 2.24) is 0 Å². The predicted molar refractivity (Wildman–Crippen MR) is 261 cm³/mol. The number of hydrogen-bond acceptors (Lipinski definition) is 3. The van der Waals surface area contributed by atoms with Gasteiger partial charge >= 0.3 is 0 Å². The van der Waals surface area contributed by atoms with Crippen LogP contribution in [0.25, 0.3) is 65.7 Å². The Morgan fingerprint density at radius 2 is 0.952 bits per heavy atom. The summed E-state index contributed by atoms with van der Waals surface area (Å²) < 4.78 is 6.57. The standard InChI is InChI=1S/C59H42N2O/c1-59(2)53-37-46(60(42-18-5-3-6-19-42)45-33-28-39-16-9-10-17-41(39)36-45)34-35-51(53)57-49-24-12-11-22-47(49)52(38-54(57)59)40-29-31-44(32-30-40)61(43-20-7-4-8-21-43)55-26-15-25-50-48-23-13-14-27-56(48)62-58(50)55/h3-38H,1-2H3. The van der Waals surface area contributed by atoms with Crippen LogP contribution in [0.15, 0.2) is 223 Å². The Labute approximate surface area is 361 Å². The van der Waals surface area contributed by atoms with Crippen molar-refractivity contribution in [3.63, 3.8) is 0 Å². The third kappa shape index (κ3) is 5.66. The van der Waals surface area contributed by atoms with Gasteiger partial charge in [-0.1, -0.05) is 153 Å². The molecule has 11 aromatic rings. The second kappa shape index (κ2) is 14.1. The Kier molecular flexibility index (Phi) is 8.20. The molecule has 0 amide bonds. The number of fused-ring (bicyclic) bond motifs is 9. The summed E-state index contributed by atoms with van der Waals surface area (Å²) in [6.45, 7) is 4.78. The van der Waals surface area contributed by atoms with E-state index in [1.54, 1.807) is 0 Å². The van der Waals surface area contributed by atoms with Gasteiger partial charge in [-0.2, -0.15) is 0 Å². The van der Waals surface area contributed by atoms with E-state index >= 15 is 0 Å². The van der Waals surface area contributed by atoms with Crippen LogP contribution in [0.4, 0.5) is 34.1 Å². The van der Waals surface area contributed by atoms with Gasteiger partial charge in [0.2, 0.25) is 0 Å². The zero-order valence-corrected chi connectivity index (χ0v) is 34.6. The molecule has 0 saturated heterocycles. The van der Waals surface area contributed by atoms with Gasteiger partial charge in [-0.3, -0.25) is 0 Å². The van der Waals surface area contributed by atoms with Gasteiger partial charge in [0, 0.05) is 44.6 Å². The molecule has 0 saturated carbocycles. The fourth-order valence-corrected chi connectivity index (χ4v) is 9.99. The lowest BCUT2D eigenvalue weighted by Gasteiger charge is -2.28. The molecule has 0 bridgehead atoms. The maximum absolute atomic E-state index is 6.57. The van der Waals surface area contributed by atoms with E-state index in [0.717, 1.165) is 56.1 Å². The molecule has 1 aliphatic rings. The molecule has 294 valence electrons. The minimum absolute atomic E-state index is 0.249. The van der Waals surface area contributed by atoms with Crippen LogP contribution in [0.2, 0.25) is 0 Å². The molecule has 3 heteroatoms. The minimum atomic E-state index is -0.249. The second-order valence-electron chi connectivity index (χ2n) is 16.9. The van der Waals surface area contributed by atoms with Crippen molar-refractivity contribution < 1.29 is 4.42 Å². The van der Waals surface area contributed by atoms with Crippen LogP contribution < -0.4 is 9.80 Å². The van der Waals surface area contributed by atoms with E-state index in [4.69, 9.17) is 4.42 Å². The summed E-state index contributed by atoms with van der Waals surface area (Å²) in [5.41, 5.74) is 15.8. The SMILES string of the molecule is CC1(C)c2cc(N(c3ccccc3)c3ccc4ccccc4c3)ccc2-c2c1cc(-c1ccc(N(c3ccccc3)c3cccc4c3oc3ccccc34)cc1)c1ccccc21. The van der Waals surface area contributed by atoms with Crippen molar-refractivity contribution >= 4 is 77.6 Å². The van der Waals surface area contributed by atoms with Crippen molar-refractivity contribution in [2.45, 2.75) is 19.3 Å². The van der Waals surface area contributed by atoms with Gasteiger partial charge in [0.15, 0.2) is 5.58 Å². The van der Waals surface area contributed by atoms with Gasteiger partial charge in [0.25, 0.3) is 0 Å². The topological polar surface area (TPSA) is 19.6 Å². The number of furan rings is 1.